The van der Waals surface area contributed by atoms with Gasteiger partial charge in [0.05, 0.1) is 5.75 Å². The molecule has 0 radical (unpaired) electrons. The van der Waals surface area contributed by atoms with Gasteiger partial charge in [-0.15, -0.1) is 0 Å². The maximum atomic E-state index is 12.0. The number of likely N-dealkylation sites (tertiary alicyclic amines) is 1. The van der Waals surface area contributed by atoms with E-state index in [1.54, 1.807) is 11.8 Å². The van der Waals surface area contributed by atoms with E-state index in [2.05, 4.69) is 33.4 Å². The Morgan fingerprint density at radius 1 is 1.28 bits per heavy atom. The summed E-state index contributed by atoms with van der Waals surface area (Å²) in [4.78, 5) is 14.0. The molecular weight excluding hydrogens is 262 g/mol. The van der Waals surface area contributed by atoms with Gasteiger partial charge in [0.2, 0.25) is 5.91 Å². The largest absolute Gasteiger partial charge is 0.342 e. The molecule has 0 aliphatic carbocycles. The minimum atomic E-state index is 0.281. The minimum Gasteiger partial charge on any atom is -0.342 e. The topological polar surface area (TPSA) is 20.3 Å². The maximum absolute atomic E-state index is 12.0. The summed E-state index contributed by atoms with van der Waals surface area (Å²) < 4.78 is 0. The monoisotopic (exact) mass is 289 g/mol. The van der Waals surface area contributed by atoms with Crippen LogP contribution in [0.15, 0.2) is 0 Å². The molecule has 106 valence electrons. The Bertz CT molecular complexity index is 257. The quantitative estimate of drug-likeness (QED) is 0.784. The number of nitrogens with zero attached hydrogens (tertiary/aromatic N) is 1. The highest BCUT2D eigenvalue weighted by Crippen LogP contribution is 2.29. The summed E-state index contributed by atoms with van der Waals surface area (Å²) in [5, 5.41) is 0. The van der Waals surface area contributed by atoms with Crippen LogP contribution in [0.3, 0.4) is 0 Å². The van der Waals surface area contributed by atoms with E-state index < -0.39 is 0 Å². The summed E-state index contributed by atoms with van der Waals surface area (Å²) >= 11 is 6.20. The van der Waals surface area contributed by atoms with Crippen LogP contribution < -0.4 is 0 Å². The van der Waals surface area contributed by atoms with E-state index in [-0.39, 0.29) is 5.41 Å². The van der Waals surface area contributed by atoms with Crippen LogP contribution in [0.2, 0.25) is 0 Å². The summed E-state index contributed by atoms with van der Waals surface area (Å²) in [6.07, 6.45) is 3.64. The third-order valence-electron chi connectivity index (χ3n) is 3.70. The van der Waals surface area contributed by atoms with Crippen molar-refractivity contribution in [1.82, 2.24) is 4.90 Å². The molecule has 0 aromatic heterocycles. The molecule has 1 aliphatic rings. The van der Waals surface area contributed by atoms with Crippen LogP contribution in [0.5, 0.6) is 0 Å². The summed E-state index contributed by atoms with van der Waals surface area (Å²) in [6, 6.07) is 0. The van der Waals surface area contributed by atoms with Crippen molar-refractivity contribution in [3.63, 3.8) is 0 Å². The van der Waals surface area contributed by atoms with Crippen molar-refractivity contribution < 1.29 is 4.79 Å². The van der Waals surface area contributed by atoms with E-state index in [1.165, 1.54) is 19.3 Å². The first kappa shape index (κ1) is 16.2. The Balaban J connectivity index is 2.25. The third-order valence-corrected chi connectivity index (χ3v) is 5.23. The lowest BCUT2D eigenvalue weighted by atomic mass is 9.83. The molecule has 2 nitrogen and oxygen atoms in total. The number of carbonyl (C=O) groups is 1. The lowest BCUT2D eigenvalue weighted by molar-refractivity contribution is -0.129. The average Bonchev–Trinajstić information content (AvgIpc) is 2.34. The van der Waals surface area contributed by atoms with Crippen LogP contribution >= 0.6 is 24.4 Å². The van der Waals surface area contributed by atoms with Gasteiger partial charge in [-0.3, -0.25) is 4.79 Å². The SMILES string of the molecule is CC(C)(C)C(CS)CSCC(=O)N1CCCCC1. The first-order chi connectivity index (χ1) is 8.45. The van der Waals surface area contributed by atoms with Gasteiger partial charge in [0.15, 0.2) is 0 Å². The molecule has 1 heterocycles. The van der Waals surface area contributed by atoms with Gasteiger partial charge < -0.3 is 4.90 Å². The third kappa shape index (κ3) is 5.43. The molecule has 1 saturated heterocycles. The van der Waals surface area contributed by atoms with Gasteiger partial charge >= 0.3 is 0 Å². The number of rotatable bonds is 5. The second-order valence-corrected chi connectivity index (χ2v) is 7.60. The smallest absolute Gasteiger partial charge is 0.232 e. The number of hydrogen-bond donors (Lipinski definition) is 1. The lowest BCUT2D eigenvalue weighted by Crippen LogP contribution is -2.37. The van der Waals surface area contributed by atoms with Crippen molar-refractivity contribution in [2.24, 2.45) is 11.3 Å². The molecular formula is C14H27NOS2. The number of piperidine rings is 1. The fraction of sp³-hybridized carbons (Fsp3) is 0.929. The van der Waals surface area contributed by atoms with Crippen molar-refractivity contribution in [1.29, 1.82) is 0 Å². The van der Waals surface area contributed by atoms with E-state index in [1.807, 2.05) is 4.90 Å². The molecule has 0 N–H and O–H groups in total. The predicted octanol–water partition coefficient (Wildman–Crippen LogP) is 3.32. The van der Waals surface area contributed by atoms with Crippen LogP contribution in [-0.2, 0) is 4.79 Å². The zero-order valence-electron chi connectivity index (χ0n) is 11.9. The molecule has 1 amide bonds. The van der Waals surface area contributed by atoms with Crippen molar-refractivity contribution >= 4 is 30.3 Å². The molecule has 1 aliphatic heterocycles. The number of carbonyl (C=O) groups excluding carboxylic acids is 1. The van der Waals surface area contributed by atoms with Gasteiger partial charge in [0.1, 0.15) is 0 Å². The van der Waals surface area contributed by atoms with Gasteiger partial charge in [-0.05, 0) is 42.1 Å². The highest BCUT2D eigenvalue weighted by atomic mass is 32.2. The summed E-state index contributed by atoms with van der Waals surface area (Å²) in [6.45, 7) is 8.69. The zero-order chi connectivity index (χ0) is 13.6. The van der Waals surface area contributed by atoms with Crippen molar-refractivity contribution in [3.05, 3.63) is 0 Å². The first-order valence-corrected chi connectivity index (χ1v) is 8.70. The van der Waals surface area contributed by atoms with Gasteiger partial charge in [-0.25, -0.2) is 0 Å². The molecule has 1 unspecified atom stereocenters. The van der Waals surface area contributed by atoms with E-state index in [4.69, 9.17) is 0 Å². The maximum Gasteiger partial charge on any atom is 0.232 e. The Kier molecular flexibility index (Phi) is 6.93. The van der Waals surface area contributed by atoms with E-state index in [0.717, 1.165) is 24.6 Å². The van der Waals surface area contributed by atoms with Crippen molar-refractivity contribution in [3.8, 4) is 0 Å². The Morgan fingerprint density at radius 3 is 2.39 bits per heavy atom. The molecule has 0 saturated carbocycles. The Hall–Kier alpha value is 0.170. The second kappa shape index (κ2) is 7.68. The van der Waals surface area contributed by atoms with Crippen LogP contribution in [0.4, 0.5) is 0 Å². The normalized spacial score (nSPS) is 18.8. The fourth-order valence-corrected chi connectivity index (χ4v) is 4.33. The highest BCUT2D eigenvalue weighted by Gasteiger charge is 2.24. The highest BCUT2D eigenvalue weighted by molar-refractivity contribution is 7.99. The van der Waals surface area contributed by atoms with Gasteiger partial charge in [-0.1, -0.05) is 20.8 Å². The van der Waals surface area contributed by atoms with Crippen LogP contribution in [0.1, 0.15) is 40.0 Å². The average molecular weight is 290 g/mol. The summed E-state index contributed by atoms with van der Waals surface area (Å²) in [5.74, 6) is 3.47. The van der Waals surface area contributed by atoms with Crippen molar-refractivity contribution in [2.45, 2.75) is 40.0 Å². The predicted molar refractivity (Wildman–Crippen MR) is 84.6 cm³/mol. The second-order valence-electron chi connectivity index (χ2n) is 6.20. The Morgan fingerprint density at radius 2 is 1.89 bits per heavy atom. The van der Waals surface area contributed by atoms with Crippen LogP contribution in [0.25, 0.3) is 0 Å². The van der Waals surface area contributed by atoms with Gasteiger partial charge in [0, 0.05) is 13.1 Å². The van der Waals surface area contributed by atoms with E-state index in [0.29, 0.717) is 17.6 Å². The first-order valence-electron chi connectivity index (χ1n) is 6.91. The molecule has 0 aromatic rings. The molecule has 1 atom stereocenters. The van der Waals surface area contributed by atoms with Crippen molar-refractivity contribution in [2.75, 3.05) is 30.3 Å². The summed E-state index contributed by atoms with van der Waals surface area (Å²) in [5.41, 5.74) is 0.281. The van der Waals surface area contributed by atoms with Crippen LogP contribution in [-0.4, -0.2) is 41.2 Å². The molecule has 1 rings (SSSR count). The van der Waals surface area contributed by atoms with Gasteiger partial charge in [0.25, 0.3) is 0 Å². The molecule has 0 bridgehead atoms. The minimum absolute atomic E-state index is 0.281. The number of thiol groups is 1. The molecule has 0 spiro atoms. The number of amides is 1. The molecule has 0 aromatic carbocycles. The van der Waals surface area contributed by atoms with E-state index in [9.17, 15) is 4.79 Å². The summed E-state index contributed by atoms with van der Waals surface area (Å²) in [7, 11) is 0. The fourth-order valence-electron chi connectivity index (χ4n) is 2.10. The number of thioether (sulfide) groups is 1. The lowest BCUT2D eigenvalue weighted by Gasteiger charge is -2.30. The molecule has 1 fully saturated rings. The van der Waals surface area contributed by atoms with Crippen LogP contribution in [0, 0.1) is 11.3 Å². The van der Waals surface area contributed by atoms with E-state index >= 15 is 0 Å². The van der Waals surface area contributed by atoms with Gasteiger partial charge in [-0.2, -0.15) is 24.4 Å². The standard InChI is InChI=1S/C14H27NOS2/c1-14(2,3)12(9-17)10-18-11-13(16)15-7-5-4-6-8-15/h12,17H,4-11H2,1-3H3. The number of hydrogen-bond acceptors (Lipinski definition) is 3. The zero-order valence-corrected chi connectivity index (χ0v) is 13.7. The Labute approximate surface area is 122 Å². The molecule has 18 heavy (non-hydrogen) atoms. The molecule has 4 heteroatoms.